The van der Waals surface area contributed by atoms with Gasteiger partial charge in [0.15, 0.2) is 24.0 Å². The van der Waals surface area contributed by atoms with E-state index in [1.807, 2.05) is 58.9 Å². The summed E-state index contributed by atoms with van der Waals surface area (Å²) in [7, 11) is 0. The zero-order valence-corrected chi connectivity index (χ0v) is 15.6. The molecule has 7 heteroatoms. The maximum absolute atomic E-state index is 12.9. The van der Waals surface area contributed by atoms with Crippen molar-refractivity contribution in [3.05, 3.63) is 29.8 Å². The zero-order valence-electron chi connectivity index (χ0n) is 15.6. The summed E-state index contributed by atoms with van der Waals surface area (Å²) in [5.74, 6) is -1.93. The maximum Gasteiger partial charge on any atom is 0.256 e. The van der Waals surface area contributed by atoms with Crippen molar-refractivity contribution < 1.29 is 28.5 Å². The molecule has 7 nitrogen and oxygen atoms in total. The van der Waals surface area contributed by atoms with Crippen molar-refractivity contribution >= 4 is 11.6 Å². The Balaban J connectivity index is 1.57. The first kappa shape index (κ1) is 17.9. The lowest BCUT2D eigenvalue weighted by Crippen LogP contribution is -2.58. The standard InChI is InChI=1S/C19H25NO6/c1-10-6-8-11(9-7-10)20-16(21)14-12-13(24-18(2,3)23-12)15-17(22-14)26-19(4,5)25-15/h6-9,12-15,17H,1-5H3,(H,20,21)/t12-,13+,14+,15+,17+/m0/s1. The number of nitrogens with one attached hydrogen (secondary N) is 1. The summed E-state index contributed by atoms with van der Waals surface area (Å²) >= 11 is 0. The van der Waals surface area contributed by atoms with Gasteiger partial charge in [-0.2, -0.15) is 0 Å². The number of carbonyl (C=O) groups excluding carboxylic acids is 1. The second-order valence-electron chi connectivity index (χ2n) is 7.95. The van der Waals surface area contributed by atoms with E-state index in [0.717, 1.165) is 5.56 Å². The summed E-state index contributed by atoms with van der Waals surface area (Å²) in [6, 6.07) is 7.57. The van der Waals surface area contributed by atoms with Crippen LogP contribution in [0.3, 0.4) is 0 Å². The summed E-state index contributed by atoms with van der Waals surface area (Å²) in [6.07, 6.45) is -3.01. The second-order valence-corrected chi connectivity index (χ2v) is 7.95. The van der Waals surface area contributed by atoms with Crippen molar-refractivity contribution in [2.24, 2.45) is 0 Å². The molecule has 26 heavy (non-hydrogen) atoms. The Morgan fingerprint density at radius 2 is 1.46 bits per heavy atom. The number of hydrogen-bond donors (Lipinski definition) is 1. The molecule has 0 aromatic heterocycles. The number of hydrogen-bond acceptors (Lipinski definition) is 6. The molecule has 0 spiro atoms. The molecule has 0 unspecified atom stereocenters. The Kier molecular flexibility index (Phi) is 4.13. The first-order valence-electron chi connectivity index (χ1n) is 8.88. The highest BCUT2D eigenvalue weighted by Gasteiger charge is 2.62. The molecule has 3 heterocycles. The average molecular weight is 363 g/mol. The fourth-order valence-corrected chi connectivity index (χ4v) is 3.67. The van der Waals surface area contributed by atoms with Crippen LogP contribution in [0, 0.1) is 6.92 Å². The van der Waals surface area contributed by atoms with Crippen LogP contribution >= 0.6 is 0 Å². The SMILES string of the molecule is Cc1ccc(NC(=O)[C@@H]2O[C@@H]3OC(C)(C)O[C@@H]3[C@@H]3OC(C)(C)O[C@@H]32)cc1. The summed E-state index contributed by atoms with van der Waals surface area (Å²) in [5.41, 5.74) is 1.82. The molecule has 3 aliphatic rings. The van der Waals surface area contributed by atoms with Crippen molar-refractivity contribution in [1.82, 2.24) is 0 Å². The molecule has 4 rings (SSSR count). The second kappa shape index (κ2) is 6.00. The minimum atomic E-state index is -0.859. The van der Waals surface area contributed by atoms with Crippen LogP contribution in [0.25, 0.3) is 0 Å². The van der Waals surface area contributed by atoms with Crippen LogP contribution in [0.2, 0.25) is 0 Å². The molecule has 1 N–H and O–H groups in total. The molecule has 1 aromatic rings. The van der Waals surface area contributed by atoms with E-state index in [-0.39, 0.29) is 5.91 Å². The molecular formula is C19H25NO6. The van der Waals surface area contributed by atoms with Crippen molar-refractivity contribution in [2.45, 2.75) is 76.9 Å². The van der Waals surface area contributed by atoms with Crippen LogP contribution in [0.4, 0.5) is 5.69 Å². The first-order valence-corrected chi connectivity index (χ1v) is 8.88. The molecule has 5 atom stereocenters. The van der Waals surface area contributed by atoms with Crippen molar-refractivity contribution in [3.63, 3.8) is 0 Å². The molecule has 3 aliphatic heterocycles. The molecule has 1 aromatic carbocycles. The molecule has 3 saturated heterocycles. The monoisotopic (exact) mass is 363 g/mol. The third-order valence-electron chi connectivity index (χ3n) is 4.73. The van der Waals surface area contributed by atoms with Gasteiger partial charge in [-0.3, -0.25) is 4.79 Å². The van der Waals surface area contributed by atoms with E-state index in [0.29, 0.717) is 5.69 Å². The Morgan fingerprint density at radius 1 is 0.885 bits per heavy atom. The van der Waals surface area contributed by atoms with Gasteiger partial charge in [-0.25, -0.2) is 0 Å². The van der Waals surface area contributed by atoms with E-state index >= 15 is 0 Å². The number of aryl methyl sites for hydroxylation is 1. The Morgan fingerprint density at radius 3 is 2.15 bits per heavy atom. The van der Waals surface area contributed by atoms with E-state index in [1.54, 1.807) is 0 Å². The number of fused-ring (bicyclic) bond motifs is 3. The Hall–Kier alpha value is -1.51. The lowest BCUT2D eigenvalue weighted by atomic mass is 9.98. The minimum Gasteiger partial charge on any atom is -0.342 e. The molecule has 1 amide bonds. The molecule has 0 bridgehead atoms. The average Bonchev–Trinajstić information content (AvgIpc) is 3.02. The van der Waals surface area contributed by atoms with Gasteiger partial charge in [0, 0.05) is 5.69 Å². The predicted molar refractivity (Wildman–Crippen MR) is 92.3 cm³/mol. The molecule has 142 valence electrons. The summed E-state index contributed by atoms with van der Waals surface area (Å²) in [4.78, 5) is 12.9. The van der Waals surface area contributed by atoms with Crippen LogP contribution in [-0.2, 0) is 28.5 Å². The fraction of sp³-hybridized carbons (Fsp3) is 0.632. The molecule has 0 saturated carbocycles. The lowest BCUT2D eigenvalue weighted by Gasteiger charge is -2.36. The summed E-state index contributed by atoms with van der Waals surface area (Å²) < 4.78 is 29.7. The van der Waals surface area contributed by atoms with Gasteiger partial charge >= 0.3 is 0 Å². The van der Waals surface area contributed by atoms with Gasteiger partial charge in [-0.1, -0.05) is 17.7 Å². The number of amides is 1. The van der Waals surface area contributed by atoms with Gasteiger partial charge in [0.2, 0.25) is 0 Å². The number of carbonyl (C=O) groups is 1. The highest BCUT2D eigenvalue weighted by atomic mass is 16.9. The van der Waals surface area contributed by atoms with E-state index in [4.69, 9.17) is 23.7 Å². The van der Waals surface area contributed by atoms with Crippen LogP contribution in [-0.4, -0.2) is 48.2 Å². The van der Waals surface area contributed by atoms with E-state index in [1.165, 1.54) is 0 Å². The minimum absolute atomic E-state index is 0.295. The highest BCUT2D eigenvalue weighted by molar-refractivity contribution is 5.94. The van der Waals surface area contributed by atoms with Crippen molar-refractivity contribution in [2.75, 3.05) is 5.32 Å². The van der Waals surface area contributed by atoms with Gasteiger partial charge in [-0.05, 0) is 46.8 Å². The highest BCUT2D eigenvalue weighted by Crippen LogP contribution is 2.44. The van der Waals surface area contributed by atoms with Crippen LogP contribution in [0.15, 0.2) is 24.3 Å². The fourth-order valence-electron chi connectivity index (χ4n) is 3.67. The Bertz CT molecular complexity index is 700. The maximum atomic E-state index is 12.9. The van der Waals surface area contributed by atoms with E-state index < -0.39 is 42.3 Å². The predicted octanol–water partition coefficient (Wildman–Crippen LogP) is 2.33. The van der Waals surface area contributed by atoms with Gasteiger partial charge < -0.3 is 29.0 Å². The van der Waals surface area contributed by atoms with E-state index in [9.17, 15) is 4.79 Å². The topological polar surface area (TPSA) is 75.3 Å². The van der Waals surface area contributed by atoms with E-state index in [2.05, 4.69) is 5.32 Å². The number of rotatable bonds is 2. The lowest BCUT2D eigenvalue weighted by molar-refractivity contribution is -0.229. The van der Waals surface area contributed by atoms with Gasteiger partial charge in [0.25, 0.3) is 5.91 Å². The molecule has 0 aliphatic carbocycles. The Labute approximate surface area is 152 Å². The zero-order chi connectivity index (χ0) is 18.7. The van der Waals surface area contributed by atoms with Gasteiger partial charge in [0.05, 0.1) is 0 Å². The van der Waals surface area contributed by atoms with Crippen LogP contribution in [0.5, 0.6) is 0 Å². The van der Waals surface area contributed by atoms with Crippen molar-refractivity contribution in [1.29, 1.82) is 0 Å². The van der Waals surface area contributed by atoms with Gasteiger partial charge in [-0.15, -0.1) is 0 Å². The number of ether oxygens (including phenoxy) is 5. The molecule has 0 radical (unpaired) electrons. The third kappa shape index (κ3) is 3.25. The summed E-state index contributed by atoms with van der Waals surface area (Å²) in [5, 5.41) is 2.88. The number of benzene rings is 1. The van der Waals surface area contributed by atoms with Crippen molar-refractivity contribution in [3.8, 4) is 0 Å². The summed E-state index contributed by atoms with van der Waals surface area (Å²) in [6.45, 7) is 9.25. The smallest absolute Gasteiger partial charge is 0.256 e. The molecular weight excluding hydrogens is 338 g/mol. The van der Waals surface area contributed by atoms with Crippen LogP contribution in [0.1, 0.15) is 33.3 Å². The molecule has 3 fully saturated rings. The normalized spacial score (nSPS) is 37.0. The van der Waals surface area contributed by atoms with Gasteiger partial charge in [0.1, 0.15) is 18.3 Å². The largest absolute Gasteiger partial charge is 0.342 e. The quantitative estimate of drug-likeness (QED) is 0.869. The van der Waals surface area contributed by atoms with Crippen LogP contribution < -0.4 is 5.32 Å². The number of anilines is 1. The third-order valence-corrected chi connectivity index (χ3v) is 4.73. The first-order chi connectivity index (χ1) is 12.1.